The van der Waals surface area contributed by atoms with Crippen molar-refractivity contribution in [3.05, 3.63) is 126 Å². The van der Waals surface area contributed by atoms with Crippen molar-refractivity contribution in [2.75, 3.05) is 0 Å². The number of para-hydroxylation sites is 1. The summed E-state index contributed by atoms with van der Waals surface area (Å²) < 4.78 is 7.14. The molecule has 0 saturated heterocycles. The zero-order valence-corrected chi connectivity index (χ0v) is 21.8. The van der Waals surface area contributed by atoms with Gasteiger partial charge in [0.05, 0.1) is 11.4 Å². The van der Waals surface area contributed by atoms with Crippen LogP contribution in [-0.2, 0) is 0 Å². The molecule has 0 radical (unpaired) electrons. The van der Waals surface area contributed by atoms with Gasteiger partial charge < -0.3 is 4.42 Å². The summed E-state index contributed by atoms with van der Waals surface area (Å²) in [7, 11) is 0. The number of fused-ring (bicyclic) bond motifs is 3. The van der Waals surface area contributed by atoms with Crippen LogP contribution in [0.2, 0.25) is 0 Å². The Bertz CT molecular complexity index is 1930. The second-order valence-electron chi connectivity index (χ2n) is 9.11. The van der Waals surface area contributed by atoms with Gasteiger partial charge in [0.15, 0.2) is 5.82 Å². The summed E-state index contributed by atoms with van der Waals surface area (Å²) in [5.41, 5.74) is 8.42. The minimum Gasteiger partial charge on any atom is -0.456 e. The first kappa shape index (κ1) is 22.6. The predicted octanol–water partition coefficient (Wildman–Crippen LogP) is 9.20. The molecule has 0 aliphatic carbocycles. The summed E-state index contributed by atoms with van der Waals surface area (Å²) in [5.74, 6) is 0.672. The van der Waals surface area contributed by atoms with Gasteiger partial charge in [-0.2, -0.15) is 0 Å². The van der Waals surface area contributed by atoms with E-state index in [1.54, 1.807) is 6.20 Å². The molecule has 5 heteroatoms. The van der Waals surface area contributed by atoms with Gasteiger partial charge in [-0.1, -0.05) is 76.6 Å². The van der Waals surface area contributed by atoms with Crippen molar-refractivity contribution < 1.29 is 4.42 Å². The standard InChI is InChI=1S/C33H20BrN3O/c34-26-16-24(23-9-6-14-35-20-23)15-25(17-26)30-19-29(36-33(37-30)21-7-2-1-3-8-21)22-12-13-28-27-10-4-5-11-31(27)38-32(28)18-22/h1-20H. The molecule has 0 aliphatic heterocycles. The fraction of sp³-hybridized carbons (Fsp3) is 0. The number of nitrogens with zero attached hydrogens (tertiary/aromatic N) is 3. The van der Waals surface area contributed by atoms with Crippen LogP contribution < -0.4 is 0 Å². The van der Waals surface area contributed by atoms with Crippen LogP contribution in [0.5, 0.6) is 0 Å². The Balaban J connectivity index is 1.42. The lowest BCUT2D eigenvalue weighted by Crippen LogP contribution is -1.96. The van der Waals surface area contributed by atoms with E-state index < -0.39 is 0 Å². The van der Waals surface area contributed by atoms with Crippen LogP contribution in [0.4, 0.5) is 0 Å². The molecule has 38 heavy (non-hydrogen) atoms. The van der Waals surface area contributed by atoms with Crippen LogP contribution in [0.1, 0.15) is 0 Å². The Morgan fingerprint density at radius 1 is 0.526 bits per heavy atom. The first-order chi connectivity index (χ1) is 18.7. The summed E-state index contributed by atoms with van der Waals surface area (Å²) in [5, 5.41) is 2.20. The minimum absolute atomic E-state index is 0.672. The molecule has 0 atom stereocenters. The number of rotatable bonds is 4. The van der Waals surface area contributed by atoms with E-state index >= 15 is 0 Å². The number of benzene rings is 4. The average molecular weight is 554 g/mol. The largest absolute Gasteiger partial charge is 0.456 e. The van der Waals surface area contributed by atoms with E-state index in [2.05, 4.69) is 69.4 Å². The normalized spacial score (nSPS) is 11.3. The number of furan rings is 1. The monoisotopic (exact) mass is 553 g/mol. The minimum atomic E-state index is 0.672. The van der Waals surface area contributed by atoms with Crippen LogP contribution in [0.25, 0.3) is 67.0 Å². The molecule has 7 rings (SSSR count). The first-order valence-corrected chi connectivity index (χ1v) is 13.1. The molecule has 0 aliphatic rings. The van der Waals surface area contributed by atoms with E-state index in [4.69, 9.17) is 14.4 Å². The molecule has 180 valence electrons. The lowest BCUT2D eigenvalue weighted by Gasteiger charge is -2.11. The third-order valence-electron chi connectivity index (χ3n) is 6.62. The van der Waals surface area contributed by atoms with Crippen LogP contribution in [0, 0.1) is 0 Å². The van der Waals surface area contributed by atoms with Crippen LogP contribution in [-0.4, -0.2) is 15.0 Å². The summed E-state index contributed by atoms with van der Waals surface area (Å²) in [6, 6.07) is 36.8. The van der Waals surface area contributed by atoms with E-state index in [1.165, 1.54) is 0 Å². The second-order valence-corrected chi connectivity index (χ2v) is 10.0. The lowest BCUT2D eigenvalue weighted by molar-refractivity contribution is 0.669. The molecule has 0 N–H and O–H groups in total. The summed E-state index contributed by atoms with van der Waals surface area (Å²) in [4.78, 5) is 14.3. The maximum atomic E-state index is 6.17. The van der Waals surface area contributed by atoms with Crippen molar-refractivity contribution in [2.45, 2.75) is 0 Å². The topological polar surface area (TPSA) is 51.8 Å². The molecule has 0 amide bonds. The van der Waals surface area contributed by atoms with Crippen molar-refractivity contribution in [3.8, 4) is 45.0 Å². The smallest absolute Gasteiger partial charge is 0.160 e. The molecule has 7 aromatic rings. The number of aromatic nitrogens is 3. The molecule has 0 fully saturated rings. The van der Waals surface area contributed by atoms with Crippen molar-refractivity contribution >= 4 is 37.9 Å². The number of hydrogen-bond acceptors (Lipinski definition) is 4. The number of hydrogen-bond donors (Lipinski definition) is 0. The Labute approximate surface area is 227 Å². The molecular weight excluding hydrogens is 534 g/mol. The van der Waals surface area contributed by atoms with Gasteiger partial charge in [0.1, 0.15) is 11.2 Å². The van der Waals surface area contributed by atoms with E-state index in [-0.39, 0.29) is 0 Å². The highest BCUT2D eigenvalue weighted by Gasteiger charge is 2.14. The number of pyridine rings is 1. The zero-order chi connectivity index (χ0) is 25.5. The molecule has 0 saturated carbocycles. The van der Waals surface area contributed by atoms with E-state index in [0.29, 0.717) is 5.82 Å². The molecule has 4 nitrogen and oxygen atoms in total. The first-order valence-electron chi connectivity index (χ1n) is 12.3. The lowest BCUT2D eigenvalue weighted by atomic mass is 10.0. The van der Waals surface area contributed by atoms with Crippen LogP contribution in [0.3, 0.4) is 0 Å². The van der Waals surface area contributed by atoms with Crippen molar-refractivity contribution in [1.82, 2.24) is 15.0 Å². The molecule has 3 aromatic heterocycles. The zero-order valence-electron chi connectivity index (χ0n) is 20.2. The molecule has 0 bridgehead atoms. The van der Waals surface area contributed by atoms with E-state index in [9.17, 15) is 0 Å². The van der Waals surface area contributed by atoms with Gasteiger partial charge >= 0.3 is 0 Å². The average Bonchev–Trinajstić information content (AvgIpc) is 3.35. The highest BCUT2D eigenvalue weighted by molar-refractivity contribution is 9.10. The van der Waals surface area contributed by atoms with Crippen molar-refractivity contribution in [1.29, 1.82) is 0 Å². The van der Waals surface area contributed by atoms with Gasteiger partial charge in [-0.25, -0.2) is 9.97 Å². The SMILES string of the molecule is Brc1cc(-c2cccnc2)cc(-c2cc(-c3ccc4c(c3)oc3ccccc34)nc(-c3ccccc3)n2)c1. The van der Waals surface area contributed by atoms with Gasteiger partial charge in [-0.05, 0) is 54.1 Å². The van der Waals surface area contributed by atoms with Gasteiger partial charge in [0, 0.05) is 49.9 Å². The number of halogens is 1. The predicted molar refractivity (Wildman–Crippen MR) is 157 cm³/mol. The van der Waals surface area contributed by atoms with Crippen LogP contribution in [0.15, 0.2) is 130 Å². The van der Waals surface area contributed by atoms with Gasteiger partial charge in [0.2, 0.25) is 0 Å². The fourth-order valence-electron chi connectivity index (χ4n) is 4.78. The van der Waals surface area contributed by atoms with E-state index in [0.717, 1.165) is 65.6 Å². The van der Waals surface area contributed by atoms with Crippen LogP contribution >= 0.6 is 15.9 Å². The third-order valence-corrected chi connectivity index (χ3v) is 7.08. The van der Waals surface area contributed by atoms with Crippen molar-refractivity contribution in [3.63, 3.8) is 0 Å². The summed E-state index contributed by atoms with van der Waals surface area (Å²) >= 11 is 3.70. The molecule has 0 spiro atoms. The summed E-state index contributed by atoms with van der Waals surface area (Å²) in [6.45, 7) is 0. The Hall–Kier alpha value is -4.61. The maximum Gasteiger partial charge on any atom is 0.160 e. The quantitative estimate of drug-likeness (QED) is 0.218. The molecular formula is C33H20BrN3O. The Morgan fingerprint density at radius 3 is 2.11 bits per heavy atom. The van der Waals surface area contributed by atoms with Gasteiger partial charge in [-0.3, -0.25) is 4.98 Å². The Morgan fingerprint density at radius 2 is 1.26 bits per heavy atom. The highest BCUT2D eigenvalue weighted by Crippen LogP contribution is 2.35. The van der Waals surface area contributed by atoms with Gasteiger partial charge in [0.25, 0.3) is 0 Å². The summed E-state index contributed by atoms with van der Waals surface area (Å²) in [6.07, 6.45) is 3.65. The van der Waals surface area contributed by atoms with E-state index in [1.807, 2.05) is 66.9 Å². The van der Waals surface area contributed by atoms with Gasteiger partial charge in [-0.15, -0.1) is 0 Å². The third kappa shape index (κ3) is 4.17. The molecule has 4 aromatic carbocycles. The van der Waals surface area contributed by atoms with Crippen molar-refractivity contribution in [2.24, 2.45) is 0 Å². The fourth-order valence-corrected chi connectivity index (χ4v) is 5.28. The highest BCUT2D eigenvalue weighted by atomic mass is 79.9. The second kappa shape index (κ2) is 9.36. The molecule has 0 unspecified atom stereocenters. The maximum absolute atomic E-state index is 6.17. The Kier molecular flexibility index (Phi) is 5.56. The molecule has 3 heterocycles.